The number of hydrogen-bond acceptors (Lipinski definition) is 6. The number of para-hydroxylation sites is 1. The van der Waals surface area contributed by atoms with E-state index in [4.69, 9.17) is 21.6 Å². The minimum atomic E-state index is 0.427. The van der Waals surface area contributed by atoms with E-state index in [9.17, 15) is 0 Å². The number of fused-ring (bicyclic) bond motifs is 1. The second kappa shape index (κ2) is 13.1. The van der Waals surface area contributed by atoms with Crippen LogP contribution in [0.1, 0.15) is 36.8 Å². The summed E-state index contributed by atoms with van der Waals surface area (Å²) >= 11 is 6.13. The van der Waals surface area contributed by atoms with Crippen LogP contribution in [0.5, 0.6) is 0 Å². The lowest BCUT2D eigenvalue weighted by Gasteiger charge is -2.29. The van der Waals surface area contributed by atoms with Crippen LogP contribution in [0.4, 0.5) is 17.5 Å². The lowest BCUT2D eigenvalue weighted by molar-refractivity contribution is 0.325. The SMILES string of the molecule is CN(C)c1nc(NC2CCC(CNCCc3ccccc3CNc3cccc(Cl)c3)CC2)nc2ccccc12. The first-order valence-electron chi connectivity index (χ1n) is 14.0. The maximum absolute atomic E-state index is 6.13. The van der Waals surface area contributed by atoms with Crippen molar-refractivity contribution in [2.45, 2.75) is 44.7 Å². The highest BCUT2D eigenvalue weighted by molar-refractivity contribution is 6.30. The maximum Gasteiger partial charge on any atom is 0.225 e. The fourth-order valence-corrected chi connectivity index (χ4v) is 5.65. The molecule has 1 aliphatic rings. The van der Waals surface area contributed by atoms with E-state index in [1.807, 2.05) is 44.4 Å². The molecule has 0 atom stereocenters. The monoisotopic (exact) mass is 542 g/mol. The summed E-state index contributed by atoms with van der Waals surface area (Å²) < 4.78 is 0. The highest BCUT2D eigenvalue weighted by atomic mass is 35.5. The van der Waals surface area contributed by atoms with Gasteiger partial charge in [-0.25, -0.2) is 4.98 Å². The molecule has 204 valence electrons. The Labute approximate surface area is 237 Å². The summed E-state index contributed by atoms with van der Waals surface area (Å²) in [5.41, 5.74) is 4.75. The van der Waals surface area contributed by atoms with Crippen molar-refractivity contribution in [1.82, 2.24) is 15.3 Å². The van der Waals surface area contributed by atoms with E-state index < -0.39 is 0 Å². The van der Waals surface area contributed by atoms with Crippen molar-refractivity contribution in [2.75, 3.05) is 42.7 Å². The van der Waals surface area contributed by atoms with Gasteiger partial charge in [0.1, 0.15) is 5.82 Å². The topological polar surface area (TPSA) is 65.1 Å². The van der Waals surface area contributed by atoms with Gasteiger partial charge in [-0.05, 0) is 92.6 Å². The second-order valence-electron chi connectivity index (χ2n) is 10.7. The van der Waals surface area contributed by atoms with Gasteiger partial charge in [-0.3, -0.25) is 0 Å². The van der Waals surface area contributed by atoms with E-state index in [0.29, 0.717) is 6.04 Å². The number of aromatic nitrogens is 2. The molecule has 7 heteroatoms. The molecule has 3 aromatic carbocycles. The van der Waals surface area contributed by atoms with Gasteiger partial charge in [-0.15, -0.1) is 0 Å². The highest BCUT2D eigenvalue weighted by Crippen LogP contribution is 2.28. The van der Waals surface area contributed by atoms with Crippen molar-refractivity contribution >= 4 is 40.0 Å². The van der Waals surface area contributed by atoms with Crippen LogP contribution in [0.3, 0.4) is 0 Å². The molecule has 1 saturated carbocycles. The summed E-state index contributed by atoms with van der Waals surface area (Å²) in [5, 5.41) is 12.7. The summed E-state index contributed by atoms with van der Waals surface area (Å²) in [6.45, 7) is 2.86. The number of benzene rings is 3. The first-order valence-corrected chi connectivity index (χ1v) is 14.4. The Morgan fingerprint density at radius 1 is 0.872 bits per heavy atom. The van der Waals surface area contributed by atoms with Crippen molar-refractivity contribution in [3.63, 3.8) is 0 Å². The molecule has 0 saturated heterocycles. The summed E-state index contributed by atoms with van der Waals surface area (Å²) in [6, 6.07) is 25.2. The largest absolute Gasteiger partial charge is 0.381 e. The second-order valence-corrected chi connectivity index (χ2v) is 11.2. The molecule has 3 N–H and O–H groups in total. The molecule has 1 aliphatic carbocycles. The molecule has 5 rings (SSSR count). The molecule has 0 spiro atoms. The first kappa shape index (κ1) is 27.2. The summed E-state index contributed by atoms with van der Waals surface area (Å²) in [7, 11) is 4.07. The van der Waals surface area contributed by atoms with E-state index in [1.165, 1.54) is 24.0 Å². The molecule has 1 heterocycles. The molecule has 0 bridgehead atoms. The molecule has 0 amide bonds. The smallest absolute Gasteiger partial charge is 0.225 e. The fourth-order valence-electron chi connectivity index (χ4n) is 5.46. The van der Waals surface area contributed by atoms with Gasteiger partial charge >= 0.3 is 0 Å². The summed E-state index contributed by atoms with van der Waals surface area (Å²) in [6.07, 6.45) is 5.77. The van der Waals surface area contributed by atoms with Crippen molar-refractivity contribution in [2.24, 2.45) is 5.92 Å². The lowest BCUT2D eigenvalue weighted by atomic mass is 9.86. The molecule has 6 nitrogen and oxygen atoms in total. The standard InChI is InChI=1S/C32H39ClN6/c1-39(2)31-29-12-5-6-13-30(29)37-32(38-31)36-27-16-14-23(15-17-27)21-34-19-18-24-8-3-4-9-25(24)22-35-28-11-7-10-26(33)20-28/h3-13,20,23,27,34-35H,14-19,21-22H2,1-2H3,(H,36,37,38). The van der Waals surface area contributed by atoms with Gasteiger partial charge in [0.05, 0.1) is 5.52 Å². The van der Waals surface area contributed by atoms with Gasteiger partial charge in [0, 0.05) is 42.8 Å². The van der Waals surface area contributed by atoms with Crippen LogP contribution in [-0.2, 0) is 13.0 Å². The molecular formula is C32H39ClN6. The third-order valence-electron chi connectivity index (χ3n) is 7.62. The van der Waals surface area contributed by atoms with Crippen molar-refractivity contribution in [3.8, 4) is 0 Å². The molecule has 4 aromatic rings. The van der Waals surface area contributed by atoms with Crippen LogP contribution >= 0.6 is 11.6 Å². The van der Waals surface area contributed by atoms with Crippen molar-refractivity contribution in [3.05, 3.63) is 88.9 Å². The van der Waals surface area contributed by atoms with E-state index in [0.717, 1.165) is 78.2 Å². The minimum Gasteiger partial charge on any atom is -0.381 e. The minimum absolute atomic E-state index is 0.427. The zero-order valence-corrected chi connectivity index (χ0v) is 23.7. The van der Waals surface area contributed by atoms with Crippen LogP contribution in [-0.4, -0.2) is 43.2 Å². The van der Waals surface area contributed by atoms with Crippen LogP contribution < -0.4 is 20.9 Å². The van der Waals surface area contributed by atoms with Crippen molar-refractivity contribution < 1.29 is 0 Å². The number of anilines is 3. The fraction of sp³-hybridized carbons (Fsp3) is 0.375. The molecule has 0 radical (unpaired) electrons. The number of nitrogens with one attached hydrogen (secondary N) is 3. The first-order chi connectivity index (χ1) is 19.0. The van der Waals surface area contributed by atoms with E-state index >= 15 is 0 Å². The zero-order chi connectivity index (χ0) is 27.0. The Balaban J connectivity index is 1.06. The van der Waals surface area contributed by atoms with Crippen LogP contribution in [0.2, 0.25) is 5.02 Å². The zero-order valence-electron chi connectivity index (χ0n) is 23.0. The Hall–Kier alpha value is -3.35. The molecular weight excluding hydrogens is 504 g/mol. The molecule has 1 aromatic heterocycles. The Morgan fingerprint density at radius 3 is 2.44 bits per heavy atom. The van der Waals surface area contributed by atoms with E-state index in [2.05, 4.69) is 63.3 Å². The normalized spacial score (nSPS) is 17.2. The molecule has 39 heavy (non-hydrogen) atoms. The molecule has 0 unspecified atom stereocenters. The van der Waals surface area contributed by atoms with Gasteiger partial charge in [-0.2, -0.15) is 4.98 Å². The third-order valence-corrected chi connectivity index (χ3v) is 7.85. The maximum atomic E-state index is 6.13. The van der Waals surface area contributed by atoms with Gasteiger partial charge < -0.3 is 20.9 Å². The quantitative estimate of drug-likeness (QED) is 0.182. The van der Waals surface area contributed by atoms with Crippen LogP contribution in [0, 0.1) is 5.92 Å². The number of nitrogens with zero attached hydrogens (tertiary/aromatic N) is 3. The Morgan fingerprint density at radius 2 is 1.64 bits per heavy atom. The molecule has 1 fully saturated rings. The summed E-state index contributed by atoms with van der Waals surface area (Å²) in [5.74, 6) is 2.42. The van der Waals surface area contributed by atoms with Crippen LogP contribution in [0.25, 0.3) is 10.9 Å². The third kappa shape index (κ3) is 7.40. The van der Waals surface area contributed by atoms with E-state index in [-0.39, 0.29) is 0 Å². The van der Waals surface area contributed by atoms with Gasteiger partial charge in [-0.1, -0.05) is 54.1 Å². The Bertz CT molecular complexity index is 1370. The van der Waals surface area contributed by atoms with Gasteiger partial charge in [0.15, 0.2) is 0 Å². The summed E-state index contributed by atoms with van der Waals surface area (Å²) in [4.78, 5) is 11.7. The predicted octanol–water partition coefficient (Wildman–Crippen LogP) is 6.76. The highest BCUT2D eigenvalue weighted by Gasteiger charge is 2.22. The number of halogens is 1. The predicted molar refractivity (Wildman–Crippen MR) is 165 cm³/mol. The molecule has 0 aliphatic heterocycles. The van der Waals surface area contributed by atoms with Gasteiger partial charge in [0.25, 0.3) is 0 Å². The number of hydrogen-bond donors (Lipinski definition) is 3. The Kier molecular flexibility index (Phi) is 9.17. The average Bonchev–Trinajstić information content (AvgIpc) is 2.95. The lowest BCUT2D eigenvalue weighted by Crippen LogP contribution is -2.32. The average molecular weight is 543 g/mol. The van der Waals surface area contributed by atoms with Gasteiger partial charge in [0.2, 0.25) is 5.95 Å². The van der Waals surface area contributed by atoms with Crippen LogP contribution in [0.15, 0.2) is 72.8 Å². The number of rotatable bonds is 11. The van der Waals surface area contributed by atoms with E-state index in [1.54, 1.807) is 0 Å². The van der Waals surface area contributed by atoms with Crippen molar-refractivity contribution in [1.29, 1.82) is 0 Å².